The SMILES string of the molecule is COc1ccc(C)cc1NC(=O)[C@H](Cc1ccccc1)NC(=O)c1ccc(Cl)cc1. The molecule has 3 aromatic carbocycles. The zero-order chi connectivity index (χ0) is 21.5. The molecule has 0 aliphatic rings. The van der Waals surface area contributed by atoms with Crippen LogP contribution in [0.25, 0.3) is 0 Å². The monoisotopic (exact) mass is 422 g/mol. The number of anilines is 1. The molecule has 0 saturated carbocycles. The van der Waals surface area contributed by atoms with Crippen LogP contribution < -0.4 is 15.4 Å². The smallest absolute Gasteiger partial charge is 0.251 e. The molecule has 2 amide bonds. The first-order valence-corrected chi connectivity index (χ1v) is 9.90. The maximum absolute atomic E-state index is 13.1. The van der Waals surface area contributed by atoms with Gasteiger partial charge in [0.15, 0.2) is 0 Å². The third kappa shape index (κ3) is 5.61. The van der Waals surface area contributed by atoms with Crippen molar-refractivity contribution >= 4 is 29.1 Å². The molecular formula is C24H23ClN2O3. The number of aryl methyl sites for hydroxylation is 1. The molecule has 0 fully saturated rings. The highest BCUT2D eigenvalue weighted by Gasteiger charge is 2.23. The summed E-state index contributed by atoms with van der Waals surface area (Å²) in [4.78, 5) is 25.8. The molecule has 0 bridgehead atoms. The van der Waals surface area contributed by atoms with Crippen LogP contribution in [0.15, 0.2) is 72.8 Å². The van der Waals surface area contributed by atoms with E-state index in [0.717, 1.165) is 11.1 Å². The van der Waals surface area contributed by atoms with Crippen LogP contribution in [0.2, 0.25) is 5.02 Å². The molecular weight excluding hydrogens is 400 g/mol. The predicted octanol–water partition coefficient (Wildman–Crippen LogP) is 4.64. The minimum Gasteiger partial charge on any atom is -0.495 e. The van der Waals surface area contributed by atoms with E-state index in [2.05, 4.69) is 10.6 Å². The Kier molecular flexibility index (Phi) is 7.09. The molecule has 1 atom stereocenters. The summed E-state index contributed by atoms with van der Waals surface area (Å²) in [6, 6.07) is 20.8. The second-order valence-electron chi connectivity index (χ2n) is 6.92. The summed E-state index contributed by atoms with van der Waals surface area (Å²) in [7, 11) is 1.55. The quantitative estimate of drug-likeness (QED) is 0.583. The van der Waals surface area contributed by atoms with E-state index < -0.39 is 6.04 Å². The van der Waals surface area contributed by atoms with Crippen LogP contribution in [-0.4, -0.2) is 25.0 Å². The molecule has 0 unspecified atom stereocenters. The molecule has 3 aromatic rings. The Balaban J connectivity index is 1.83. The Bertz CT molecular complexity index is 1020. The Morgan fingerprint density at radius 1 is 1.00 bits per heavy atom. The standard InChI is InChI=1S/C24H23ClN2O3/c1-16-8-13-22(30-2)20(14-16)26-24(29)21(15-17-6-4-3-5-7-17)27-23(28)18-9-11-19(25)12-10-18/h3-14,21H,15H2,1-2H3,(H,26,29)(H,27,28)/t21-/m0/s1. The molecule has 0 aromatic heterocycles. The number of amides is 2. The first-order valence-electron chi connectivity index (χ1n) is 9.52. The van der Waals surface area contributed by atoms with E-state index in [0.29, 0.717) is 28.4 Å². The van der Waals surface area contributed by atoms with Crippen molar-refractivity contribution in [2.45, 2.75) is 19.4 Å². The number of carbonyl (C=O) groups excluding carboxylic acids is 2. The Morgan fingerprint density at radius 3 is 2.37 bits per heavy atom. The van der Waals surface area contributed by atoms with Gasteiger partial charge < -0.3 is 15.4 Å². The Hall–Kier alpha value is -3.31. The summed E-state index contributed by atoms with van der Waals surface area (Å²) in [5.74, 6) is -0.125. The van der Waals surface area contributed by atoms with Gasteiger partial charge in [-0.05, 0) is 54.4 Å². The van der Waals surface area contributed by atoms with Crippen LogP contribution in [0, 0.1) is 6.92 Å². The average Bonchev–Trinajstić information content (AvgIpc) is 2.74. The molecule has 6 heteroatoms. The number of hydrogen-bond acceptors (Lipinski definition) is 3. The van der Waals surface area contributed by atoms with Crippen molar-refractivity contribution < 1.29 is 14.3 Å². The molecule has 0 aliphatic carbocycles. The highest BCUT2D eigenvalue weighted by atomic mass is 35.5. The van der Waals surface area contributed by atoms with Gasteiger partial charge in [-0.25, -0.2) is 0 Å². The van der Waals surface area contributed by atoms with Crippen molar-refractivity contribution in [3.63, 3.8) is 0 Å². The van der Waals surface area contributed by atoms with E-state index in [9.17, 15) is 9.59 Å². The summed E-state index contributed by atoms with van der Waals surface area (Å²) in [6.45, 7) is 1.93. The van der Waals surface area contributed by atoms with Crippen molar-refractivity contribution in [1.82, 2.24) is 5.32 Å². The van der Waals surface area contributed by atoms with Gasteiger partial charge in [-0.1, -0.05) is 48.0 Å². The maximum atomic E-state index is 13.1. The highest BCUT2D eigenvalue weighted by Crippen LogP contribution is 2.25. The van der Waals surface area contributed by atoms with Gasteiger partial charge in [0.2, 0.25) is 5.91 Å². The lowest BCUT2D eigenvalue weighted by atomic mass is 10.0. The van der Waals surface area contributed by atoms with Gasteiger partial charge in [-0.2, -0.15) is 0 Å². The highest BCUT2D eigenvalue weighted by molar-refractivity contribution is 6.30. The van der Waals surface area contributed by atoms with Gasteiger partial charge in [-0.3, -0.25) is 9.59 Å². The topological polar surface area (TPSA) is 67.4 Å². The fourth-order valence-electron chi connectivity index (χ4n) is 3.04. The van der Waals surface area contributed by atoms with Crippen LogP contribution in [0.1, 0.15) is 21.5 Å². The number of rotatable bonds is 7. The molecule has 30 heavy (non-hydrogen) atoms. The van der Waals surface area contributed by atoms with Crippen LogP contribution in [0.5, 0.6) is 5.75 Å². The van der Waals surface area contributed by atoms with Crippen molar-refractivity contribution in [2.75, 3.05) is 12.4 Å². The van der Waals surface area contributed by atoms with Crippen molar-refractivity contribution in [2.24, 2.45) is 0 Å². The van der Waals surface area contributed by atoms with E-state index in [1.54, 1.807) is 37.4 Å². The first-order chi connectivity index (χ1) is 14.5. The number of nitrogens with one attached hydrogen (secondary N) is 2. The molecule has 3 rings (SSSR count). The van der Waals surface area contributed by atoms with Gasteiger partial charge in [0.25, 0.3) is 5.91 Å². The van der Waals surface area contributed by atoms with Gasteiger partial charge in [0, 0.05) is 17.0 Å². The predicted molar refractivity (Wildman–Crippen MR) is 119 cm³/mol. The number of halogens is 1. The second-order valence-corrected chi connectivity index (χ2v) is 7.35. The summed E-state index contributed by atoms with van der Waals surface area (Å²) in [6.07, 6.45) is 0.347. The van der Waals surface area contributed by atoms with Crippen LogP contribution in [0.3, 0.4) is 0 Å². The maximum Gasteiger partial charge on any atom is 0.251 e. The summed E-state index contributed by atoms with van der Waals surface area (Å²) >= 11 is 5.90. The lowest BCUT2D eigenvalue weighted by Crippen LogP contribution is -2.45. The zero-order valence-corrected chi connectivity index (χ0v) is 17.6. The van der Waals surface area contributed by atoms with E-state index in [1.807, 2.05) is 49.4 Å². The molecule has 0 saturated heterocycles. The lowest BCUT2D eigenvalue weighted by molar-refractivity contribution is -0.118. The number of ether oxygens (including phenoxy) is 1. The largest absolute Gasteiger partial charge is 0.495 e. The van der Waals surface area contributed by atoms with Crippen LogP contribution in [0.4, 0.5) is 5.69 Å². The molecule has 154 valence electrons. The summed E-state index contributed by atoms with van der Waals surface area (Å²) < 4.78 is 5.35. The van der Waals surface area contributed by atoms with Gasteiger partial charge in [0.05, 0.1) is 12.8 Å². The second kappa shape index (κ2) is 9.94. The van der Waals surface area contributed by atoms with Crippen LogP contribution >= 0.6 is 11.6 Å². The van der Waals surface area contributed by atoms with Gasteiger partial charge in [0.1, 0.15) is 11.8 Å². The van der Waals surface area contributed by atoms with Crippen molar-refractivity contribution in [3.8, 4) is 5.75 Å². The normalized spacial score (nSPS) is 11.4. The fourth-order valence-corrected chi connectivity index (χ4v) is 3.17. The van der Waals surface area contributed by atoms with E-state index in [1.165, 1.54) is 0 Å². The number of hydrogen-bond donors (Lipinski definition) is 2. The first kappa shape index (κ1) is 21.4. The molecule has 2 N–H and O–H groups in total. The molecule has 0 heterocycles. The van der Waals surface area contributed by atoms with Crippen LogP contribution in [-0.2, 0) is 11.2 Å². The molecule has 0 spiro atoms. The van der Waals surface area contributed by atoms with E-state index >= 15 is 0 Å². The number of carbonyl (C=O) groups is 2. The lowest BCUT2D eigenvalue weighted by Gasteiger charge is -2.20. The third-order valence-electron chi connectivity index (χ3n) is 4.62. The summed E-state index contributed by atoms with van der Waals surface area (Å²) in [5, 5.41) is 6.27. The van der Waals surface area contributed by atoms with E-state index in [4.69, 9.17) is 16.3 Å². The third-order valence-corrected chi connectivity index (χ3v) is 4.88. The molecule has 0 aliphatic heterocycles. The Morgan fingerprint density at radius 2 is 1.70 bits per heavy atom. The number of benzene rings is 3. The van der Waals surface area contributed by atoms with Gasteiger partial charge in [-0.15, -0.1) is 0 Å². The Labute approximate surface area is 181 Å². The molecule has 0 radical (unpaired) electrons. The number of methoxy groups -OCH3 is 1. The average molecular weight is 423 g/mol. The van der Waals surface area contributed by atoms with Crippen molar-refractivity contribution in [1.29, 1.82) is 0 Å². The van der Waals surface area contributed by atoms with Crippen molar-refractivity contribution in [3.05, 3.63) is 94.5 Å². The zero-order valence-electron chi connectivity index (χ0n) is 16.8. The molecule has 5 nitrogen and oxygen atoms in total. The van der Waals surface area contributed by atoms with Gasteiger partial charge >= 0.3 is 0 Å². The summed E-state index contributed by atoms with van der Waals surface area (Å²) in [5.41, 5.74) is 2.90. The fraction of sp³-hybridized carbons (Fsp3) is 0.167. The minimum absolute atomic E-state index is 0.329. The van der Waals surface area contributed by atoms with E-state index in [-0.39, 0.29) is 11.8 Å². The minimum atomic E-state index is -0.777.